The third-order valence-corrected chi connectivity index (χ3v) is 5.36. The molecule has 1 aliphatic carbocycles. The van der Waals surface area contributed by atoms with Crippen LogP contribution in [-0.4, -0.2) is 32.4 Å². The standard InChI is InChI=1S/C19H21ClN4O/c1-12-18(20)22-17-10-16(14-5-3-2-4-6-14)23-24(17)19(12)21-15-8-7-13(9-15)11-25/h2-6,10,13,15,21,25H,7-9,11H2,1H3/t13-,15-/m1/s1. The number of aliphatic hydroxyl groups is 1. The molecule has 0 bridgehead atoms. The molecule has 25 heavy (non-hydrogen) atoms. The molecule has 2 N–H and O–H groups in total. The van der Waals surface area contributed by atoms with Crippen LogP contribution in [0.15, 0.2) is 36.4 Å². The van der Waals surface area contributed by atoms with Gasteiger partial charge in [0.25, 0.3) is 0 Å². The highest BCUT2D eigenvalue weighted by Crippen LogP contribution is 2.31. The van der Waals surface area contributed by atoms with Crippen molar-refractivity contribution in [3.05, 3.63) is 47.1 Å². The highest BCUT2D eigenvalue weighted by atomic mass is 35.5. The van der Waals surface area contributed by atoms with Gasteiger partial charge in [-0.1, -0.05) is 41.9 Å². The van der Waals surface area contributed by atoms with Crippen molar-refractivity contribution in [1.29, 1.82) is 0 Å². The van der Waals surface area contributed by atoms with Crippen molar-refractivity contribution < 1.29 is 5.11 Å². The third kappa shape index (κ3) is 3.10. The molecule has 4 rings (SSSR count). The number of hydrogen-bond acceptors (Lipinski definition) is 4. The molecular formula is C19H21ClN4O. The Morgan fingerprint density at radius 1 is 1.28 bits per heavy atom. The quantitative estimate of drug-likeness (QED) is 0.695. The van der Waals surface area contributed by atoms with E-state index >= 15 is 0 Å². The molecule has 2 atom stereocenters. The zero-order chi connectivity index (χ0) is 17.4. The van der Waals surface area contributed by atoms with E-state index < -0.39 is 0 Å². The predicted molar refractivity (Wildman–Crippen MR) is 100 cm³/mol. The van der Waals surface area contributed by atoms with Crippen molar-refractivity contribution >= 4 is 23.1 Å². The second-order valence-electron chi connectivity index (χ2n) is 6.74. The van der Waals surface area contributed by atoms with Crippen LogP contribution >= 0.6 is 11.6 Å². The normalized spacial score (nSPS) is 20.3. The summed E-state index contributed by atoms with van der Waals surface area (Å²) in [5.74, 6) is 1.27. The van der Waals surface area contributed by atoms with E-state index in [-0.39, 0.29) is 6.61 Å². The summed E-state index contributed by atoms with van der Waals surface area (Å²) in [5, 5.41) is 18.2. The summed E-state index contributed by atoms with van der Waals surface area (Å²) < 4.78 is 1.84. The van der Waals surface area contributed by atoms with E-state index in [1.54, 1.807) is 0 Å². The van der Waals surface area contributed by atoms with Gasteiger partial charge in [-0.05, 0) is 32.1 Å². The second kappa shape index (κ2) is 6.65. The average Bonchev–Trinajstić information content (AvgIpc) is 3.26. The van der Waals surface area contributed by atoms with Gasteiger partial charge in [-0.25, -0.2) is 4.98 Å². The lowest BCUT2D eigenvalue weighted by molar-refractivity contribution is 0.229. The van der Waals surface area contributed by atoms with Crippen LogP contribution in [0.2, 0.25) is 5.15 Å². The first-order valence-electron chi connectivity index (χ1n) is 8.64. The van der Waals surface area contributed by atoms with Crippen LogP contribution in [0.3, 0.4) is 0 Å². The first-order valence-corrected chi connectivity index (χ1v) is 9.02. The number of aromatic nitrogens is 3. The van der Waals surface area contributed by atoms with Crippen molar-refractivity contribution in [2.75, 3.05) is 11.9 Å². The lowest BCUT2D eigenvalue weighted by atomic mass is 10.1. The second-order valence-corrected chi connectivity index (χ2v) is 7.10. The van der Waals surface area contributed by atoms with Crippen LogP contribution < -0.4 is 5.32 Å². The Labute approximate surface area is 151 Å². The molecule has 0 aliphatic heterocycles. The van der Waals surface area contributed by atoms with Crippen LogP contribution in [0.4, 0.5) is 5.82 Å². The van der Waals surface area contributed by atoms with Gasteiger partial charge in [-0.2, -0.15) is 9.61 Å². The third-order valence-electron chi connectivity index (χ3n) is 4.99. The molecule has 3 aromatic rings. The van der Waals surface area contributed by atoms with Gasteiger partial charge in [-0.3, -0.25) is 0 Å². The van der Waals surface area contributed by atoms with Crippen LogP contribution in [-0.2, 0) is 0 Å². The molecule has 0 unspecified atom stereocenters. The lowest BCUT2D eigenvalue weighted by Crippen LogP contribution is -2.20. The Hall–Kier alpha value is -2.11. The maximum Gasteiger partial charge on any atom is 0.159 e. The van der Waals surface area contributed by atoms with Crippen molar-refractivity contribution in [3.63, 3.8) is 0 Å². The van der Waals surface area contributed by atoms with Crippen molar-refractivity contribution in [2.24, 2.45) is 5.92 Å². The Balaban J connectivity index is 1.74. The molecule has 1 aromatic carbocycles. The summed E-state index contributed by atoms with van der Waals surface area (Å²) in [7, 11) is 0. The largest absolute Gasteiger partial charge is 0.396 e. The van der Waals surface area contributed by atoms with Gasteiger partial charge in [0.15, 0.2) is 5.65 Å². The molecule has 2 heterocycles. The Morgan fingerprint density at radius 3 is 2.80 bits per heavy atom. The summed E-state index contributed by atoms with van der Waals surface area (Å²) in [5.41, 5.74) is 3.55. The van der Waals surface area contributed by atoms with Gasteiger partial charge in [0.05, 0.1) is 5.69 Å². The zero-order valence-corrected chi connectivity index (χ0v) is 14.9. The predicted octanol–water partition coefficient (Wildman–Crippen LogP) is 3.93. The number of aliphatic hydroxyl groups excluding tert-OH is 1. The van der Waals surface area contributed by atoms with Gasteiger partial charge < -0.3 is 10.4 Å². The molecule has 6 heteroatoms. The maximum atomic E-state index is 9.37. The fraction of sp³-hybridized carbons (Fsp3) is 0.368. The number of nitrogens with one attached hydrogen (secondary N) is 1. The minimum Gasteiger partial charge on any atom is -0.396 e. The van der Waals surface area contributed by atoms with Gasteiger partial charge in [0.1, 0.15) is 11.0 Å². The molecule has 1 fully saturated rings. The molecule has 5 nitrogen and oxygen atoms in total. The van der Waals surface area contributed by atoms with Crippen molar-refractivity contribution in [3.8, 4) is 11.3 Å². The fourth-order valence-corrected chi connectivity index (χ4v) is 3.72. The van der Waals surface area contributed by atoms with Gasteiger partial charge in [0.2, 0.25) is 0 Å². The molecule has 1 aliphatic rings. The fourth-order valence-electron chi connectivity index (χ4n) is 3.54. The van der Waals surface area contributed by atoms with E-state index in [9.17, 15) is 5.11 Å². The van der Waals surface area contributed by atoms with E-state index in [0.29, 0.717) is 17.1 Å². The number of nitrogens with zero attached hydrogens (tertiary/aromatic N) is 3. The molecule has 1 saturated carbocycles. The monoisotopic (exact) mass is 356 g/mol. The minimum atomic E-state index is 0.254. The first-order chi connectivity index (χ1) is 12.2. The minimum absolute atomic E-state index is 0.254. The molecule has 0 saturated heterocycles. The van der Waals surface area contributed by atoms with E-state index in [0.717, 1.165) is 47.5 Å². The number of anilines is 1. The Kier molecular flexibility index (Phi) is 4.36. The molecule has 2 aromatic heterocycles. The topological polar surface area (TPSA) is 62.5 Å². The highest BCUT2D eigenvalue weighted by molar-refractivity contribution is 6.30. The lowest BCUT2D eigenvalue weighted by Gasteiger charge is -2.17. The molecule has 130 valence electrons. The smallest absolute Gasteiger partial charge is 0.159 e. The molecular weight excluding hydrogens is 336 g/mol. The van der Waals surface area contributed by atoms with Crippen molar-refractivity contribution in [2.45, 2.75) is 32.2 Å². The Bertz CT molecular complexity index is 893. The van der Waals surface area contributed by atoms with Crippen LogP contribution in [0, 0.1) is 12.8 Å². The van der Waals surface area contributed by atoms with Gasteiger partial charge >= 0.3 is 0 Å². The molecule has 0 spiro atoms. The van der Waals surface area contributed by atoms with Gasteiger partial charge in [0, 0.05) is 29.8 Å². The van der Waals surface area contributed by atoms with Crippen LogP contribution in [0.5, 0.6) is 0 Å². The average molecular weight is 357 g/mol. The van der Waals surface area contributed by atoms with Crippen LogP contribution in [0.1, 0.15) is 24.8 Å². The van der Waals surface area contributed by atoms with Crippen LogP contribution in [0.25, 0.3) is 16.9 Å². The Morgan fingerprint density at radius 2 is 2.08 bits per heavy atom. The summed E-state index contributed by atoms with van der Waals surface area (Å²) in [6.07, 6.45) is 3.05. The number of benzene rings is 1. The zero-order valence-electron chi connectivity index (χ0n) is 14.1. The van der Waals surface area contributed by atoms with Gasteiger partial charge in [-0.15, -0.1) is 0 Å². The molecule has 0 radical (unpaired) electrons. The SMILES string of the molecule is Cc1c(Cl)nc2cc(-c3ccccc3)nn2c1N[C@@H]1CC[C@@H](CO)C1. The number of halogens is 1. The number of hydrogen-bond donors (Lipinski definition) is 2. The summed E-state index contributed by atoms with van der Waals surface area (Å²) >= 11 is 6.36. The molecule has 0 amide bonds. The van der Waals surface area contributed by atoms with E-state index in [1.165, 1.54) is 0 Å². The van der Waals surface area contributed by atoms with E-state index in [4.69, 9.17) is 16.7 Å². The van der Waals surface area contributed by atoms with E-state index in [1.807, 2.05) is 47.8 Å². The van der Waals surface area contributed by atoms with Crippen molar-refractivity contribution in [1.82, 2.24) is 14.6 Å². The summed E-state index contributed by atoms with van der Waals surface area (Å²) in [6, 6.07) is 12.3. The first kappa shape index (κ1) is 16.4. The summed E-state index contributed by atoms with van der Waals surface area (Å²) in [6.45, 7) is 2.21. The number of rotatable bonds is 4. The maximum absolute atomic E-state index is 9.37. The summed E-state index contributed by atoms with van der Waals surface area (Å²) in [4.78, 5) is 4.47. The number of fused-ring (bicyclic) bond motifs is 1. The highest BCUT2D eigenvalue weighted by Gasteiger charge is 2.25. The van der Waals surface area contributed by atoms with E-state index in [2.05, 4.69) is 10.3 Å².